The molecule has 2 aromatic rings. The number of benzene rings is 2. The number of carbonyl (C=O) groups is 1. The number of carbonyl (C=O) groups excluding carboxylic acids is 1. The molecule has 0 aromatic heterocycles. The van der Waals surface area contributed by atoms with E-state index in [9.17, 15) is 13.2 Å². The van der Waals surface area contributed by atoms with Gasteiger partial charge in [0.2, 0.25) is 5.91 Å². The van der Waals surface area contributed by atoms with Crippen molar-refractivity contribution in [2.24, 2.45) is 0 Å². The first-order chi connectivity index (χ1) is 11.2. The molecule has 0 radical (unpaired) electrons. The van der Waals surface area contributed by atoms with Crippen molar-refractivity contribution in [3.05, 3.63) is 52.0 Å². The average Bonchev–Trinajstić information content (AvgIpc) is 2.49. The van der Waals surface area contributed by atoms with Gasteiger partial charge in [0.1, 0.15) is 0 Å². The Hall–Kier alpha value is -1.76. The van der Waals surface area contributed by atoms with Gasteiger partial charge in [-0.15, -0.1) is 0 Å². The minimum atomic E-state index is -3.86. The van der Waals surface area contributed by atoms with Crippen molar-refractivity contribution in [3.63, 3.8) is 0 Å². The number of hydrogen-bond acceptors (Lipinski definition) is 3. The highest BCUT2D eigenvalue weighted by atomic mass is 35.5. The third-order valence-corrected chi connectivity index (χ3v) is 5.01. The summed E-state index contributed by atoms with van der Waals surface area (Å²) in [6.07, 6.45) is 0.329. The first-order valence-corrected chi connectivity index (χ1v) is 9.34. The second kappa shape index (κ2) is 7.42. The number of anilines is 2. The van der Waals surface area contributed by atoms with Crippen LogP contribution in [0.4, 0.5) is 11.4 Å². The van der Waals surface area contributed by atoms with E-state index in [-0.39, 0.29) is 20.8 Å². The van der Waals surface area contributed by atoms with E-state index in [4.69, 9.17) is 23.2 Å². The molecule has 0 saturated carbocycles. The SMILES string of the molecule is CCC(=O)Nc1ccc(C)c(NS(=O)(=O)c2cc(Cl)cc(Cl)c2)c1. The molecule has 1 amide bonds. The van der Waals surface area contributed by atoms with Crippen LogP contribution in [-0.2, 0) is 14.8 Å². The van der Waals surface area contributed by atoms with E-state index in [1.165, 1.54) is 18.2 Å². The standard InChI is InChI=1S/C16H16Cl2N2O3S/c1-3-16(21)19-13-5-4-10(2)15(9-13)20-24(22,23)14-7-11(17)6-12(18)8-14/h4-9,20H,3H2,1-2H3,(H,19,21). The molecule has 2 N–H and O–H groups in total. The Morgan fingerprint density at radius 3 is 2.29 bits per heavy atom. The van der Waals surface area contributed by atoms with Crippen LogP contribution in [0.5, 0.6) is 0 Å². The highest BCUT2D eigenvalue weighted by Crippen LogP contribution is 2.27. The van der Waals surface area contributed by atoms with E-state index >= 15 is 0 Å². The monoisotopic (exact) mass is 386 g/mol. The van der Waals surface area contributed by atoms with Crippen LogP contribution in [0, 0.1) is 6.92 Å². The third-order valence-electron chi connectivity index (χ3n) is 3.23. The van der Waals surface area contributed by atoms with E-state index in [1.807, 2.05) is 0 Å². The summed E-state index contributed by atoms with van der Waals surface area (Å²) < 4.78 is 27.6. The van der Waals surface area contributed by atoms with Gasteiger partial charge in [-0.25, -0.2) is 8.42 Å². The van der Waals surface area contributed by atoms with Crippen molar-refractivity contribution in [1.29, 1.82) is 0 Å². The number of amides is 1. The molecule has 8 heteroatoms. The minimum Gasteiger partial charge on any atom is -0.326 e. The van der Waals surface area contributed by atoms with Gasteiger partial charge in [0.25, 0.3) is 10.0 Å². The number of sulfonamides is 1. The van der Waals surface area contributed by atoms with Crippen LogP contribution < -0.4 is 10.0 Å². The largest absolute Gasteiger partial charge is 0.326 e. The van der Waals surface area contributed by atoms with E-state index in [2.05, 4.69) is 10.0 Å². The summed E-state index contributed by atoms with van der Waals surface area (Å²) in [4.78, 5) is 11.4. The first kappa shape index (κ1) is 18.6. The zero-order chi connectivity index (χ0) is 17.9. The maximum atomic E-state index is 12.5. The van der Waals surface area contributed by atoms with Gasteiger partial charge in [0, 0.05) is 22.2 Å². The molecule has 0 aliphatic rings. The van der Waals surface area contributed by atoms with Crippen LogP contribution in [0.15, 0.2) is 41.3 Å². The summed E-state index contributed by atoms with van der Waals surface area (Å²) in [5, 5.41) is 3.14. The molecule has 5 nitrogen and oxygen atoms in total. The third kappa shape index (κ3) is 4.63. The first-order valence-electron chi connectivity index (χ1n) is 7.10. The minimum absolute atomic E-state index is 0.0394. The zero-order valence-electron chi connectivity index (χ0n) is 13.1. The predicted molar refractivity (Wildman–Crippen MR) is 97.4 cm³/mol. The molecule has 0 aliphatic heterocycles. The molecule has 0 bridgehead atoms. The normalized spacial score (nSPS) is 11.2. The van der Waals surface area contributed by atoms with Crippen LogP contribution in [0.25, 0.3) is 0 Å². The highest BCUT2D eigenvalue weighted by molar-refractivity contribution is 7.92. The van der Waals surface area contributed by atoms with Gasteiger partial charge in [0.05, 0.1) is 10.6 Å². The van der Waals surface area contributed by atoms with Crippen molar-refractivity contribution in [3.8, 4) is 0 Å². The lowest BCUT2D eigenvalue weighted by atomic mass is 10.2. The van der Waals surface area contributed by atoms with Gasteiger partial charge >= 0.3 is 0 Å². The van der Waals surface area contributed by atoms with Crippen LogP contribution in [-0.4, -0.2) is 14.3 Å². The van der Waals surface area contributed by atoms with Crippen molar-refractivity contribution < 1.29 is 13.2 Å². The Labute approximate surface area is 151 Å². The summed E-state index contributed by atoms with van der Waals surface area (Å²) in [5.41, 5.74) is 1.58. The van der Waals surface area contributed by atoms with Crippen LogP contribution in [0.1, 0.15) is 18.9 Å². The lowest BCUT2D eigenvalue weighted by Crippen LogP contribution is -2.15. The van der Waals surface area contributed by atoms with E-state index in [1.54, 1.807) is 32.0 Å². The van der Waals surface area contributed by atoms with Gasteiger partial charge in [-0.3, -0.25) is 9.52 Å². The number of hydrogen-bond donors (Lipinski definition) is 2. The van der Waals surface area contributed by atoms with E-state index in [0.29, 0.717) is 23.4 Å². The molecule has 0 aliphatic carbocycles. The maximum absolute atomic E-state index is 12.5. The Bertz CT molecular complexity index is 863. The predicted octanol–water partition coefficient (Wildman–Crippen LogP) is 4.45. The summed E-state index contributed by atoms with van der Waals surface area (Å²) in [6.45, 7) is 3.49. The molecule has 0 saturated heterocycles. The second-order valence-electron chi connectivity index (χ2n) is 5.14. The van der Waals surface area contributed by atoms with Crippen LogP contribution in [0.2, 0.25) is 10.0 Å². The highest BCUT2D eigenvalue weighted by Gasteiger charge is 2.17. The quantitative estimate of drug-likeness (QED) is 0.796. The average molecular weight is 387 g/mol. The van der Waals surface area contributed by atoms with E-state index in [0.717, 1.165) is 0 Å². The van der Waals surface area contributed by atoms with Crippen LogP contribution >= 0.6 is 23.2 Å². The number of aryl methyl sites for hydroxylation is 1. The van der Waals surface area contributed by atoms with Crippen LogP contribution in [0.3, 0.4) is 0 Å². The fourth-order valence-corrected chi connectivity index (χ4v) is 3.79. The van der Waals surface area contributed by atoms with Crippen molar-refractivity contribution in [2.75, 3.05) is 10.0 Å². The Morgan fingerprint density at radius 1 is 1.08 bits per heavy atom. The molecule has 0 atom stereocenters. The molecule has 0 fully saturated rings. The second-order valence-corrected chi connectivity index (χ2v) is 7.70. The molecule has 0 heterocycles. The lowest BCUT2D eigenvalue weighted by molar-refractivity contribution is -0.115. The van der Waals surface area contributed by atoms with Gasteiger partial charge in [-0.1, -0.05) is 36.2 Å². The smallest absolute Gasteiger partial charge is 0.262 e. The Kier molecular flexibility index (Phi) is 5.74. The van der Waals surface area contributed by atoms with Gasteiger partial charge in [0.15, 0.2) is 0 Å². The number of halogens is 2. The maximum Gasteiger partial charge on any atom is 0.262 e. The van der Waals surface area contributed by atoms with Gasteiger partial charge < -0.3 is 5.32 Å². The Morgan fingerprint density at radius 2 is 1.71 bits per heavy atom. The lowest BCUT2D eigenvalue weighted by Gasteiger charge is -2.13. The van der Waals surface area contributed by atoms with Crippen molar-refractivity contribution in [1.82, 2.24) is 0 Å². The van der Waals surface area contributed by atoms with Crippen molar-refractivity contribution >= 4 is 50.5 Å². The van der Waals surface area contributed by atoms with Gasteiger partial charge in [-0.05, 0) is 42.8 Å². The molecule has 0 spiro atoms. The Balaban J connectivity index is 2.35. The summed E-state index contributed by atoms with van der Waals surface area (Å²) in [7, 11) is -3.86. The summed E-state index contributed by atoms with van der Waals surface area (Å²) >= 11 is 11.7. The summed E-state index contributed by atoms with van der Waals surface area (Å²) in [6, 6.07) is 9.06. The van der Waals surface area contributed by atoms with Crippen molar-refractivity contribution in [2.45, 2.75) is 25.2 Å². The molecule has 0 unspecified atom stereocenters. The van der Waals surface area contributed by atoms with Gasteiger partial charge in [-0.2, -0.15) is 0 Å². The fourth-order valence-electron chi connectivity index (χ4n) is 1.95. The number of nitrogens with one attached hydrogen (secondary N) is 2. The molecule has 2 rings (SSSR count). The fraction of sp³-hybridized carbons (Fsp3) is 0.188. The topological polar surface area (TPSA) is 75.3 Å². The zero-order valence-corrected chi connectivity index (χ0v) is 15.4. The summed E-state index contributed by atoms with van der Waals surface area (Å²) in [5.74, 6) is -0.158. The number of rotatable bonds is 5. The molecule has 24 heavy (non-hydrogen) atoms. The molecule has 2 aromatic carbocycles. The molecule has 128 valence electrons. The molecular weight excluding hydrogens is 371 g/mol. The molecular formula is C16H16Cl2N2O3S. The van der Waals surface area contributed by atoms with E-state index < -0.39 is 10.0 Å².